The molecule has 0 radical (unpaired) electrons. The van der Waals surface area contributed by atoms with Crippen LogP contribution in [0.1, 0.15) is 0 Å². The van der Waals surface area contributed by atoms with Gasteiger partial charge < -0.3 is 61.8 Å². The average Bonchev–Trinajstić information content (AvgIpc) is 2.02. The maximum Gasteiger partial charge on any atom is 0.101 e. The Labute approximate surface area is 99.0 Å². The van der Waals surface area contributed by atoms with Gasteiger partial charge in [-0.15, -0.1) is 0 Å². The second-order valence-corrected chi connectivity index (χ2v) is 2.77. The molecule has 0 heterocycles. The number of hydrogen-bond donors (Lipinski definition) is 4. The third-order valence-corrected chi connectivity index (χ3v) is 1.26. The van der Waals surface area contributed by atoms with E-state index < -0.39 is 10.5 Å². The molecule has 0 aromatic rings. The number of nitrogens with two attached hydrogens (primary N) is 1. The van der Waals surface area contributed by atoms with Gasteiger partial charge in [-0.3, -0.25) is 0 Å². The topological polar surface area (TPSA) is 140 Å². The maximum absolute atomic E-state index is 10.4. The van der Waals surface area contributed by atoms with Gasteiger partial charge >= 0.3 is 0 Å². The monoisotopic (exact) mass is 258 g/mol. The molecule has 0 spiro atoms. The largest absolute Gasteiger partial charge is 0.719 e. The number of carbonyl (C=O) groups excluding carboxylic acids is 2. The highest BCUT2D eigenvalue weighted by molar-refractivity contribution is 7.77. The predicted molar refractivity (Wildman–Crippen MR) is 61.4 cm³/mol. The number of nitrogens with zero attached hydrogens (tertiary/aromatic N) is 1. The van der Waals surface area contributed by atoms with Crippen LogP contribution in [-0.2, 0) is 25.3 Å². The third-order valence-electron chi connectivity index (χ3n) is 0.998. The number of aliphatic hydroxyl groups excluding tert-OH is 2. The molecule has 0 aromatic carbocycles. The molecule has 0 unspecified atom stereocenters. The fraction of sp³-hybridized carbons (Fsp3) is 0.667. The summed E-state index contributed by atoms with van der Waals surface area (Å²) in [6, 6.07) is 0. The van der Waals surface area contributed by atoms with Gasteiger partial charge in [0.1, 0.15) is 5.24 Å². The molecular formula is C6H16N3O4S2-. The molecule has 2 amide bonds. The van der Waals surface area contributed by atoms with Crippen molar-refractivity contribution >= 4 is 35.7 Å². The highest BCUT2D eigenvalue weighted by Gasteiger charge is 1.99. The first kappa shape index (κ1) is 19.8. The average molecular weight is 258 g/mol. The standard InChI is InChI=1S/C5H11NO3S.CH3NOS.H3N/c7-3-1-6(2-4-8)5(9)10;2-1(3)4;/h7-8H,1-4H2,(H,9,10);(H3,2,3,4);1H3/p-1. The van der Waals surface area contributed by atoms with Crippen LogP contribution in [0.3, 0.4) is 0 Å². The van der Waals surface area contributed by atoms with E-state index >= 15 is 0 Å². The lowest BCUT2D eigenvalue weighted by Gasteiger charge is -2.23. The Kier molecular flexibility index (Phi) is 17.5. The molecule has 0 saturated carbocycles. The molecule has 0 aliphatic heterocycles. The van der Waals surface area contributed by atoms with Gasteiger partial charge in [-0.05, 0) is 0 Å². The first-order valence-electron chi connectivity index (χ1n) is 3.59. The minimum atomic E-state index is -0.750. The van der Waals surface area contributed by atoms with E-state index in [0.717, 1.165) is 0 Å². The van der Waals surface area contributed by atoms with E-state index in [9.17, 15) is 4.79 Å². The van der Waals surface area contributed by atoms with Gasteiger partial charge in [-0.25, -0.2) is 0 Å². The van der Waals surface area contributed by atoms with E-state index in [1.165, 1.54) is 4.90 Å². The van der Waals surface area contributed by atoms with Gasteiger partial charge in [-0.2, -0.15) is 0 Å². The number of primary amides is 1. The molecule has 0 aliphatic rings. The Morgan fingerprint density at radius 1 is 1.13 bits per heavy atom. The molecule has 15 heavy (non-hydrogen) atoms. The Bertz CT molecular complexity index is 172. The van der Waals surface area contributed by atoms with Crippen molar-refractivity contribution in [2.24, 2.45) is 5.73 Å². The zero-order chi connectivity index (χ0) is 11.6. The molecule has 0 fully saturated rings. The van der Waals surface area contributed by atoms with Crippen LogP contribution in [0.25, 0.3) is 0 Å². The molecule has 0 bridgehead atoms. The predicted octanol–water partition coefficient (Wildman–Crippen LogP) is -1.07. The second-order valence-electron chi connectivity index (χ2n) is 2.02. The first-order valence-corrected chi connectivity index (χ1v) is 4.41. The number of rotatable bonds is 4. The summed E-state index contributed by atoms with van der Waals surface area (Å²) in [6.07, 6.45) is 0. The fourth-order valence-electron chi connectivity index (χ4n) is 0.536. The molecule has 92 valence electrons. The van der Waals surface area contributed by atoms with E-state index in [1.807, 2.05) is 0 Å². The molecule has 7 nitrogen and oxygen atoms in total. The van der Waals surface area contributed by atoms with Crippen LogP contribution in [0, 0.1) is 0 Å². The first-order chi connectivity index (χ1) is 6.45. The lowest BCUT2D eigenvalue weighted by Crippen LogP contribution is -2.33. The van der Waals surface area contributed by atoms with Crippen LogP contribution < -0.4 is 11.9 Å². The third kappa shape index (κ3) is 19.6. The van der Waals surface area contributed by atoms with Crippen molar-refractivity contribution in [3.63, 3.8) is 0 Å². The van der Waals surface area contributed by atoms with Crippen molar-refractivity contribution in [3.05, 3.63) is 0 Å². The van der Waals surface area contributed by atoms with Crippen LogP contribution in [0.5, 0.6) is 0 Å². The van der Waals surface area contributed by atoms with Crippen molar-refractivity contribution in [1.29, 1.82) is 0 Å². The Balaban J connectivity index is -0.000000249. The van der Waals surface area contributed by atoms with Gasteiger partial charge in [-0.1, -0.05) is 0 Å². The maximum atomic E-state index is 10.4. The van der Waals surface area contributed by atoms with Crippen LogP contribution in [0.15, 0.2) is 0 Å². The molecule has 0 rings (SSSR count). The Hall–Kier alpha value is -0.740. The highest BCUT2D eigenvalue weighted by atomic mass is 32.1. The van der Waals surface area contributed by atoms with Crippen molar-refractivity contribution in [2.45, 2.75) is 0 Å². The number of carbonyl (C=O) groups is 2. The van der Waals surface area contributed by atoms with E-state index in [-0.39, 0.29) is 32.5 Å². The van der Waals surface area contributed by atoms with Crippen LogP contribution >= 0.6 is 0 Å². The summed E-state index contributed by atoms with van der Waals surface area (Å²) in [4.78, 5) is 20.7. The summed E-state index contributed by atoms with van der Waals surface area (Å²) < 4.78 is 0. The van der Waals surface area contributed by atoms with Crippen molar-refractivity contribution in [2.75, 3.05) is 26.3 Å². The van der Waals surface area contributed by atoms with Gasteiger partial charge in [0, 0.05) is 13.1 Å². The van der Waals surface area contributed by atoms with Gasteiger partial charge in [0.2, 0.25) is 0 Å². The summed E-state index contributed by atoms with van der Waals surface area (Å²) >= 11 is 8.06. The Morgan fingerprint density at radius 3 is 1.53 bits per heavy atom. The number of quaternary nitrogens is 1. The smallest absolute Gasteiger partial charge is 0.101 e. The molecule has 0 atom stereocenters. The minimum absolute atomic E-state index is 0. The van der Waals surface area contributed by atoms with Gasteiger partial charge in [0.25, 0.3) is 0 Å². The normalized spacial score (nSPS) is 7.87. The molecule has 0 aliphatic carbocycles. The van der Waals surface area contributed by atoms with Crippen LogP contribution in [0.2, 0.25) is 0 Å². The van der Waals surface area contributed by atoms with Crippen molar-refractivity contribution in [3.8, 4) is 0 Å². The molecule has 0 aromatic heterocycles. The summed E-state index contributed by atoms with van der Waals surface area (Å²) in [5.74, 6) is 0. The van der Waals surface area contributed by atoms with Crippen molar-refractivity contribution < 1.29 is 19.8 Å². The van der Waals surface area contributed by atoms with E-state index in [0.29, 0.717) is 0 Å². The van der Waals surface area contributed by atoms with Crippen LogP contribution in [-0.4, -0.2) is 51.9 Å². The van der Waals surface area contributed by atoms with Crippen molar-refractivity contribution in [1.82, 2.24) is 11.1 Å². The van der Waals surface area contributed by atoms with Gasteiger partial charge in [0.05, 0.1) is 18.5 Å². The number of hydrogen-bond acceptors (Lipinski definition) is 6. The summed E-state index contributed by atoms with van der Waals surface area (Å²) in [7, 11) is 0. The molecule has 8 N–H and O–H groups in total. The van der Waals surface area contributed by atoms with E-state index in [4.69, 9.17) is 15.0 Å². The molecule has 0 saturated heterocycles. The molecule has 9 heteroatoms. The molecular weight excluding hydrogens is 242 g/mol. The number of aliphatic hydroxyl groups is 2. The summed E-state index contributed by atoms with van der Waals surface area (Å²) in [5, 5.41) is 15.5. The summed E-state index contributed by atoms with van der Waals surface area (Å²) in [6.45, 7) is 0.149. The van der Waals surface area contributed by atoms with E-state index in [1.54, 1.807) is 0 Å². The zero-order valence-corrected chi connectivity index (χ0v) is 10.0. The van der Waals surface area contributed by atoms with Gasteiger partial charge in [0.15, 0.2) is 0 Å². The lowest BCUT2D eigenvalue weighted by molar-refractivity contribution is 0.175. The van der Waals surface area contributed by atoms with E-state index in [2.05, 4.69) is 31.0 Å². The zero-order valence-electron chi connectivity index (χ0n) is 8.38. The SMILES string of the molecule is NC(=O)[S-].O=C([S-])N(CCO)CCO.[NH4+]. The Morgan fingerprint density at radius 2 is 1.40 bits per heavy atom. The number of amides is 2. The fourth-order valence-corrected chi connectivity index (χ4v) is 0.718. The minimum Gasteiger partial charge on any atom is -0.719 e. The van der Waals surface area contributed by atoms with Crippen LogP contribution in [0.4, 0.5) is 9.59 Å². The second kappa shape index (κ2) is 13.3. The summed E-state index contributed by atoms with van der Waals surface area (Å²) in [5.41, 5.74) is 4.29. The highest BCUT2D eigenvalue weighted by Crippen LogP contribution is 1.87. The quantitative estimate of drug-likeness (QED) is 0.473. The lowest BCUT2D eigenvalue weighted by atomic mass is 10.5.